The molecule has 29 heavy (non-hydrogen) atoms. The number of nitrogens with zero attached hydrogens (tertiary/aromatic N) is 3. The van der Waals surface area contributed by atoms with Crippen molar-refractivity contribution in [3.8, 4) is 11.5 Å². The molecule has 0 N–H and O–H groups in total. The van der Waals surface area contributed by atoms with Crippen molar-refractivity contribution < 1.29 is 19.2 Å². The molecule has 8 nitrogen and oxygen atoms in total. The second-order valence-corrected chi connectivity index (χ2v) is 6.77. The van der Waals surface area contributed by atoms with Crippen LogP contribution >= 0.6 is 0 Å². The number of rotatable bonds is 8. The zero-order valence-electron chi connectivity index (χ0n) is 16.5. The minimum absolute atomic E-state index is 0.00710. The van der Waals surface area contributed by atoms with Crippen molar-refractivity contribution >= 4 is 11.6 Å². The van der Waals surface area contributed by atoms with Crippen LogP contribution in [0.4, 0.5) is 5.69 Å². The van der Waals surface area contributed by atoms with Gasteiger partial charge in [0.2, 0.25) is 0 Å². The number of amides is 1. The Morgan fingerprint density at radius 3 is 2.14 bits per heavy atom. The molecule has 1 saturated heterocycles. The van der Waals surface area contributed by atoms with Gasteiger partial charge in [0, 0.05) is 44.9 Å². The second-order valence-electron chi connectivity index (χ2n) is 6.77. The van der Waals surface area contributed by atoms with Crippen LogP contribution in [-0.4, -0.2) is 60.0 Å². The smallest absolute Gasteiger partial charge is 0.269 e. The van der Waals surface area contributed by atoms with Crippen LogP contribution in [0.5, 0.6) is 11.5 Å². The highest BCUT2D eigenvalue weighted by Gasteiger charge is 2.21. The first kappa shape index (κ1) is 20.6. The van der Waals surface area contributed by atoms with Crippen LogP contribution in [0.3, 0.4) is 0 Å². The van der Waals surface area contributed by atoms with Gasteiger partial charge in [0.05, 0.1) is 11.5 Å². The molecule has 0 saturated carbocycles. The summed E-state index contributed by atoms with van der Waals surface area (Å²) in [6.07, 6.45) is 0. The van der Waals surface area contributed by atoms with Gasteiger partial charge in [-0.15, -0.1) is 0 Å². The van der Waals surface area contributed by atoms with E-state index in [1.807, 2.05) is 19.1 Å². The number of hydrogen-bond acceptors (Lipinski definition) is 6. The van der Waals surface area contributed by atoms with E-state index in [0.29, 0.717) is 25.4 Å². The Morgan fingerprint density at radius 2 is 1.55 bits per heavy atom. The fraction of sp³-hybridized carbons (Fsp3) is 0.381. The highest BCUT2D eigenvalue weighted by molar-refractivity contribution is 5.77. The van der Waals surface area contributed by atoms with Crippen LogP contribution in [0.2, 0.25) is 0 Å². The van der Waals surface area contributed by atoms with E-state index < -0.39 is 4.92 Å². The van der Waals surface area contributed by atoms with Gasteiger partial charge in [-0.3, -0.25) is 19.8 Å². The summed E-state index contributed by atoms with van der Waals surface area (Å²) in [6, 6.07) is 13.8. The molecule has 1 aliphatic heterocycles. The first-order chi connectivity index (χ1) is 14.0. The van der Waals surface area contributed by atoms with Gasteiger partial charge in [0.25, 0.3) is 11.6 Å². The number of piperazine rings is 1. The number of benzene rings is 2. The van der Waals surface area contributed by atoms with Crippen molar-refractivity contribution in [2.24, 2.45) is 0 Å². The summed E-state index contributed by atoms with van der Waals surface area (Å²) in [5.41, 5.74) is 1.21. The monoisotopic (exact) mass is 399 g/mol. The molecule has 2 aromatic rings. The third-order valence-corrected chi connectivity index (χ3v) is 4.78. The Balaban J connectivity index is 1.41. The van der Waals surface area contributed by atoms with Crippen LogP contribution in [0.1, 0.15) is 12.5 Å². The molecule has 3 rings (SSSR count). The lowest BCUT2D eigenvalue weighted by molar-refractivity contribution is -0.384. The molecule has 1 heterocycles. The summed E-state index contributed by atoms with van der Waals surface area (Å²) in [6.45, 7) is 6.30. The van der Waals surface area contributed by atoms with Gasteiger partial charge in [-0.05, 0) is 36.8 Å². The van der Waals surface area contributed by atoms with Gasteiger partial charge in [0.1, 0.15) is 11.5 Å². The van der Waals surface area contributed by atoms with Gasteiger partial charge in [-0.2, -0.15) is 0 Å². The summed E-state index contributed by atoms with van der Waals surface area (Å²) in [5.74, 6) is 1.24. The highest BCUT2D eigenvalue weighted by atomic mass is 16.6. The SMILES string of the molecule is CCOc1ccc(CN2CCN(C(=O)COc3ccc([N+](=O)[O-])cc3)CC2)cc1. The van der Waals surface area contributed by atoms with Crippen LogP contribution in [-0.2, 0) is 11.3 Å². The quantitative estimate of drug-likeness (QED) is 0.501. The molecule has 0 aromatic heterocycles. The second kappa shape index (κ2) is 9.88. The average molecular weight is 399 g/mol. The molecule has 0 bridgehead atoms. The fourth-order valence-corrected chi connectivity index (χ4v) is 3.17. The van der Waals surface area contributed by atoms with Crippen molar-refractivity contribution in [1.29, 1.82) is 0 Å². The predicted molar refractivity (Wildman–Crippen MR) is 108 cm³/mol. The van der Waals surface area contributed by atoms with E-state index in [-0.39, 0.29) is 18.2 Å². The van der Waals surface area contributed by atoms with Crippen LogP contribution in [0.15, 0.2) is 48.5 Å². The summed E-state index contributed by atoms with van der Waals surface area (Å²) in [4.78, 5) is 26.7. The van der Waals surface area contributed by atoms with Crippen molar-refractivity contribution in [2.45, 2.75) is 13.5 Å². The zero-order valence-corrected chi connectivity index (χ0v) is 16.5. The largest absolute Gasteiger partial charge is 0.494 e. The van der Waals surface area contributed by atoms with E-state index in [4.69, 9.17) is 9.47 Å². The first-order valence-electron chi connectivity index (χ1n) is 9.64. The van der Waals surface area contributed by atoms with E-state index in [1.54, 1.807) is 4.90 Å². The molecule has 1 fully saturated rings. The molecule has 0 spiro atoms. The minimum atomic E-state index is -0.470. The molecule has 1 amide bonds. The standard InChI is InChI=1S/C21H25N3O5/c1-2-28-19-7-3-17(4-8-19)15-22-11-13-23(14-12-22)21(25)16-29-20-9-5-18(6-10-20)24(26)27/h3-10H,2,11-16H2,1H3. The number of nitro benzene ring substituents is 1. The fourth-order valence-electron chi connectivity index (χ4n) is 3.17. The van der Waals surface area contributed by atoms with Crippen LogP contribution in [0.25, 0.3) is 0 Å². The molecule has 1 aliphatic rings. The van der Waals surface area contributed by atoms with Crippen LogP contribution in [0, 0.1) is 10.1 Å². The maximum absolute atomic E-state index is 12.4. The van der Waals surface area contributed by atoms with Crippen LogP contribution < -0.4 is 9.47 Å². The van der Waals surface area contributed by atoms with E-state index in [2.05, 4.69) is 17.0 Å². The number of ether oxygens (including phenoxy) is 2. The zero-order chi connectivity index (χ0) is 20.6. The molecular weight excluding hydrogens is 374 g/mol. The van der Waals surface area contributed by atoms with E-state index >= 15 is 0 Å². The third kappa shape index (κ3) is 5.92. The van der Waals surface area contributed by atoms with Gasteiger partial charge in [0.15, 0.2) is 6.61 Å². The number of nitro groups is 1. The lowest BCUT2D eigenvalue weighted by atomic mass is 10.2. The summed E-state index contributed by atoms with van der Waals surface area (Å²) in [7, 11) is 0. The van der Waals surface area contributed by atoms with Gasteiger partial charge >= 0.3 is 0 Å². The Kier molecular flexibility index (Phi) is 7.02. The van der Waals surface area contributed by atoms with E-state index in [9.17, 15) is 14.9 Å². The number of non-ortho nitro benzene ring substituents is 1. The first-order valence-corrected chi connectivity index (χ1v) is 9.64. The van der Waals surface area contributed by atoms with E-state index in [1.165, 1.54) is 29.8 Å². The Hall–Kier alpha value is -3.13. The molecule has 154 valence electrons. The lowest BCUT2D eigenvalue weighted by Gasteiger charge is -2.34. The maximum atomic E-state index is 12.4. The normalized spacial score (nSPS) is 14.4. The van der Waals surface area contributed by atoms with Gasteiger partial charge in [-0.25, -0.2) is 0 Å². The topological polar surface area (TPSA) is 85.2 Å². The Morgan fingerprint density at radius 1 is 0.966 bits per heavy atom. The predicted octanol–water partition coefficient (Wildman–Crippen LogP) is 2.72. The Labute approximate surface area is 169 Å². The third-order valence-electron chi connectivity index (χ3n) is 4.78. The van der Waals surface area contributed by atoms with Gasteiger partial charge < -0.3 is 14.4 Å². The molecule has 0 atom stereocenters. The average Bonchev–Trinajstić information content (AvgIpc) is 2.74. The molecule has 0 unspecified atom stereocenters. The molecular formula is C21H25N3O5. The van der Waals surface area contributed by atoms with Crippen molar-refractivity contribution in [1.82, 2.24) is 9.80 Å². The van der Waals surface area contributed by atoms with Gasteiger partial charge in [-0.1, -0.05) is 12.1 Å². The van der Waals surface area contributed by atoms with Crippen molar-refractivity contribution in [2.75, 3.05) is 39.4 Å². The summed E-state index contributed by atoms with van der Waals surface area (Å²) >= 11 is 0. The molecule has 0 radical (unpaired) electrons. The number of carbonyl (C=O) groups excluding carboxylic acids is 1. The highest BCUT2D eigenvalue weighted by Crippen LogP contribution is 2.18. The van der Waals surface area contributed by atoms with Crippen molar-refractivity contribution in [3.05, 3.63) is 64.2 Å². The lowest BCUT2D eigenvalue weighted by Crippen LogP contribution is -2.49. The summed E-state index contributed by atoms with van der Waals surface area (Å²) < 4.78 is 10.9. The molecule has 2 aromatic carbocycles. The molecule has 0 aliphatic carbocycles. The Bertz CT molecular complexity index is 815. The van der Waals surface area contributed by atoms with E-state index in [0.717, 1.165) is 25.4 Å². The molecule has 8 heteroatoms. The summed E-state index contributed by atoms with van der Waals surface area (Å²) in [5, 5.41) is 10.7. The maximum Gasteiger partial charge on any atom is 0.269 e. The number of hydrogen-bond donors (Lipinski definition) is 0. The minimum Gasteiger partial charge on any atom is -0.494 e. The van der Waals surface area contributed by atoms with Crippen molar-refractivity contribution in [3.63, 3.8) is 0 Å². The number of carbonyl (C=O) groups is 1.